The van der Waals surface area contributed by atoms with Crippen LogP contribution in [0.25, 0.3) is 0 Å². The summed E-state index contributed by atoms with van der Waals surface area (Å²) in [6, 6.07) is 9.09. The molecule has 1 aromatic carbocycles. The van der Waals surface area contributed by atoms with Gasteiger partial charge in [0.25, 0.3) is 0 Å². The van der Waals surface area contributed by atoms with E-state index in [0.29, 0.717) is 17.7 Å². The molecule has 1 N–H and O–H groups in total. The minimum Gasteiger partial charge on any atom is -0.466 e. The predicted molar refractivity (Wildman–Crippen MR) is 62.0 cm³/mol. The van der Waals surface area contributed by atoms with Gasteiger partial charge >= 0.3 is 5.97 Å². The molecule has 4 heteroatoms. The highest BCUT2D eigenvalue weighted by atomic mass is 16.5. The lowest BCUT2D eigenvalue weighted by Crippen LogP contribution is -2.20. The SMILES string of the molecule is COC(=O)C1=CCNC1c1ccc(C#N)cc1. The van der Waals surface area contributed by atoms with Gasteiger partial charge in [-0.3, -0.25) is 0 Å². The Balaban J connectivity index is 2.25. The van der Waals surface area contributed by atoms with Gasteiger partial charge < -0.3 is 10.1 Å². The number of carbonyl (C=O) groups is 1. The van der Waals surface area contributed by atoms with Crippen molar-refractivity contribution in [3.63, 3.8) is 0 Å². The fraction of sp³-hybridized carbons (Fsp3) is 0.231. The number of esters is 1. The normalized spacial score (nSPS) is 18.4. The quantitative estimate of drug-likeness (QED) is 0.775. The molecule has 0 bridgehead atoms. The second kappa shape index (κ2) is 4.81. The van der Waals surface area contributed by atoms with Gasteiger partial charge in [-0.05, 0) is 17.7 Å². The smallest absolute Gasteiger partial charge is 0.335 e. The third-order valence-electron chi connectivity index (χ3n) is 2.75. The second-order valence-corrected chi connectivity index (χ2v) is 3.73. The zero-order valence-corrected chi connectivity index (χ0v) is 9.43. The molecular formula is C13H12N2O2. The maximum absolute atomic E-state index is 11.5. The van der Waals surface area contributed by atoms with Crippen LogP contribution in [0.2, 0.25) is 0 Å². The number of carbonyl (C=O) groups excluding carboxylic acids is 1. The van der Waals surface area contributed by atoms with Gasteiger partial charge in [0.1, 0.15) is 0 Å². The molecule has 1 atom stereocenters. The first-order valence-electron chi connectivity index (χ1n) is 5.28. The fourth-order valence-electron chi connectivity index (χ4n) is 1.88. The summed E-state index contributed by atoms with van der Waals surface area (Å²) in [6.07, 6.45) is 1.83. The molecule has 1 heterocycles. The van der Waals surface area contributed by atoms with Crippen LogP contribution >= 0.6 is 0 Å². The lowest BCUT2D eigenvalue weighted by molar-refractivity contribution is -0.136. The van der Waals surface area contributed by atoms with Crippen LogP contribution in [-0.4, -0.2) is 19.6 Å². The number of nitrogens with zero attached hydrogens (tertiary/aromatic N) is 1. The topological polar surface area (TPSA) is 62.1 Å². The third-order valence-corrected chi connectivity index (χ3v) is 2.75. The number of rotatable bonds is 2. The van der Waals surface area contributed by atoms with Crippen molar-refractivity contribution in [3.05, 3.63) is 47.0 Å². The van der Waals surface area contributed by atoms with E-state index in [1.165, 1.54) is 7.11 Å². The molecule has 1 aromatic rings. The standard InChI is InChI=1S/C13H12N2O2/c1-17-13(16)11-6-7-15-12(11)10-4-2-9(8-14)3-5-10/h2-6,12,15H,7H2,1H3. The monoisotopic (exact) mass is 228 g/mol. The zero-order valence-electron chi connectivity index (χ0n) is 9.43. The van der Waals surface area contributed by atoms with Gasteiger partial charge in [-0.1, -0.05) is 18.2 Å². The Hall–Kier alpha value is -2.12. The van der Waals surface area contributed by atoms with Gasteiger partial charge in [-0.25, -0.2) is 4.79 Å². The van der Waals surface area contributed by atoms with Crippen LogP contribution in [0.15, 0.2) is 35.9 Å². The van der Waals surface area contributed by atoms with Crippen LogP contribution in [0.4, 0.5) is 0 Å². The first kappa shape index (κ1) is 11.4. The van der Waals surface area contributed by atoms with E-state index >= 15 is 0 Å². The minimum atomic E-state index is -0.315. The molecule has 0 saturated carbocycles. The largest absolute Gasteiger partial charge is 0.466 e. The van der Waals surface area contributed by atoms with Crippen LogP contribution < -0.4 is 5.32 Å². The molecule has 0 spiro atoms. The summed E-state index contributed by atoms with van der Waals surface area (Å²) in [6.45, 7) is 0.648. The van der Waals surface area contributed by atoms with E-state index in [9.17, 15) is 4.79 Å². The lowest BCUT2D eigenvalue weighted by atomic mass is 10.00. The molecule has 2 rings (SSSR count). The first-order valence-corrected chi connectivity index (χ1v) is 5.28. The van der Waals surface area contributed by atoms with E-state index in [1.54, 1.807) is 12.1 Å². The number of hydrogen-bond donors (Lipinski definition) is 1. The van der Waals surface area contributed by atoms with Crippen LogP contribution in [0.5, 0.6) is 0 Å². The first-order chi connectivity index (χ1) is 8.26. The molecule has 0 aromatic heterocycles. The molecule has 17 heavy (non-hydrogen) atoms. The fourth-order valence-corrected chi connectivity index (χ4v) is 1.88. The van der Waals surface area contributed by atoms with Crippen LogP contribution in [-0.2, 0) is 9.53 Å². The van der Waals surface area contributed by atoms with Gasteiger partial charge in [0.2, 0.25) is 0 Å². The summed E-state index contributed by atoms with van der Waals surface area (Å²) >= 11 is 0. The Morgan fingerprint density at radius 2 is 2.18 bits per heavy atom. The molecule has 1 unspecified atom stereocenters. The Morgan fingerprint density at radius 1 is 1.47 bits per heavy atom. The van der Waals surface area contributed by atoms with E-state index in [0.717, 1.165) is 5.56 Å². The Kier molecular flexibility index (Phi) is 3.22. The number of benzene rings is 1. The number of methoxy groups -OCH3 is 1. The molecule has 0 aliphatic carbocycles. The predicted octanol–water partition coefficient (Wildman–Crippen LogP) is 1.30. The minimum absolute atomic E-state index is 0.143. The van der Waals surface area contributed by atoms with E-state index in [2.05, 4.69) is 11.4 Å². The van der Waals surface area contributed by atoms with Crippen molar-refractivity contribution in [3.8, 4) is 6.07 Å². The molecule has 1 aliphatic heterocycles. The maximum Gasteiger partial charge on any atom is 0.335 e. The maximum atomic E-state index is 11.5. The van der Waals surface area contributed by atoms with Crippen molar-refractivity contribution in [2.24, 2.45) is 0 Å². The summed E-state index contributed by atoms with van der Waals surface area (Å²) in [5.74, 6) is -0.315. The van der Waals surface area contributed by atoms with E-state index < -0.39 is 0 Å². The van der Waals surface area contributed by atoms with Crippen molar-refractivity contribution in [2.45, 2.75) is 6.04 Å². The molecule has 86 valence electrons. The Morgan fingerprint density at radius 3 is 2.76 bits per heavy atom. The van der Waals surface area contributed by atoms with E-state index in [-0.39, 0.29) is 12.0 Å². The number of hydrogen-bond acceptors (Lipinski definition) is 4. The third kappa shape index (κ3) is 2.19. The highest BCUT2D eigenvalue weighted by molar-refractivity contribution is 5.90. The molecule has 0 amide bonds. The average Bonchev–Trinajstić information content (AvgIpc) is 2.87. The van der Waals surface area contributed by atoms with E-state index in [1.807, 2.05) is 18.2 Å². The van der Waals surface area contributed by atoms with Gasteiger partial charge in [0.15, 0.2) is 0 Å². The highest BCUT2D eigenvalue weighted by Gasteiger charge is 2.26. The molecule has 1 aliphatic rings. The molecule has 0 fully saturated rings. The highest BCUT2D eigenvalue weighted by Crippen LogP contribution is 2.26. The van der Waals surface area contributed by atoms with Crippen LogP contribution in [0.3, 0.4) is 0 Å². The van der Waals surface area contributed by atoms with Crippen molar-refractivity contribution in [2.75, 3.05) is 13.7 Å². The second-order valence-electron chi connectivity index (χ2n) is 3.73. The Bertz CT molecular complexity index is 497. The molecule has 4 nitrogen and oxygen atoms in total. The van der Waals surface area contributed by atoms with Crippen molar-refractivity contribution >= 4 is 5.97 Å². The van der Waals surface area contributed by atoms with Crippen molar-refractivity contribution in [1.82, 2.24) is 5.32 Å². The van der Waals surface area contributed by atoms with Crippen molar-refractivity contribution < 1.29 is 9.53 Å². The van der Waals surface area contributed by atoms with E-state index in [4.69, 9.17) is 10.00 Å². The summed E-state index contributed by atoms with van der Waals surface area (Å²) < 4.78 is 4.73. The molecular weight excluding hydrogens is 216 g/mol. The summed E-state index contributed by atoms with van der Waals surface area (Å²) in [4.78, 5) is 11.5. The van der Waals surface area contributed by atoms with Crippen LogP contribution in [0.1, 0.15) is 17.2 Å². The van der Waals surface area contributed by atoms with Crippen molar-refractivity contribution in [1.29, 1.82) is 5.26 Å². The summed E-state index contributed by atoms with van der Waals surface area (Å²) in [5.41, 5.74) is 2.19. The number of ether oxygens (including phenoxy) is 1. The van der Waals surface area contributed by atoms with Crippen LogP contribution in [0, 0.1) is 11.3 Å². The van der Waals surface area contributed by atoms with Gasteiger partial charge in [0, 0.05) is 6.54 Å². The molecule has 0 saturated heterocycles. The van der Waals surface area contributed by atoms with Gasteiger partial charge in [0.05, 0.1) is 30.4 Å². The molecule has 0 radical (unpaired) electrons. The summed E-state index contributed by atoms with van der Waals surface area (Å²) in [7, 11) is 1.37. The lowest BCUT2D eigenvalue weighted by Gasteiger charge is -2.14. The Labute approximate surface area is 99.5 Å². The van der Waals surface area contributed by atoms with Gasteiger partial charge in [-0.2, -0.15) is 5.26 Å². The summed E-state index contributed by atoms with van der Waals surface area (Å²) in [5, 5.41) is 11.9. The number of nitrogens with one attached hydrogen (secondary N) is 1. The average molecular weight is 228 g/mol. The number of nitriles is 1. The zero-order chi connectivity index (χ0) is 12.3. The van der Waals surface area contributed by atoms with Gasteiger partial charge in [-0.15, -0.1) is 0 Å².